The zero-order chi connectivity index (χ0) is 14.3. The van der Waals surface area contributed by atoms with E-state index in [0.717, 1.165) is 19.9 Å². The predicted molar refractivity (Wildman–Crippen MR) is 94.4 cm³/mol. The molecule has 0 N–H and O–H groups in total. The summed E-state index contributed by atoms with van der Waals surface area (Å²) in [5.41, 5.74) is 1.74. The van der Waals surface area contributed by atoms with E-state index in [-0.39, 0.29) is 10.6 Å². The van der Waals surface area contributed by atoms with Crippen LogP contribution in [0.4, 0.5) is 4.39 Å². The molecule has 1 unspecified atom stereocenters. The summed E-state index contributed by atoms with van der Waals surface area (Å²) in [5, 5.41) is 3.23. The molecule has 0 aliphatic carbocycles. The molecular weight excluding hydrogens is 471 g/mol. The van der Waals surface area contributed by atoms with Gasteiger partial charge in [0.15, 0.2) is 0 Å². The molecule has 3 rings (SSSR count). The smallest absolute Gasteiger partial charge is 0.129 e. The Balaban J connectivity index is 2.13. The number of fused-ring (bicyclic) bond motifs is 1. The number of hydrogen-bond acceptors (Lipinski definition) is 1. The van der Waals surface area contributed by atoms with Crippen LogP contribution in [0.3, 0.4) is 0 Å². The van der Waals surface area contributed by atoms with Crippen LogP contribution in [0.2, 0.25) is 0 Å². The molecule has 1 heterocycles. The molecule has 0 saturated heterocycles. The fraction of sp³-hybridized carbons (Fsp3) is 0.0667. The Labute approximate surface area is 145 Å². The van der Waals surface area contributed by atoms with Gasteiger partial charge in [0.25, 0.3) is 0 Å². The van der Waals surface area contributed by atoms with Gasteiger partial charge in [-0.2, -0.15) is 0 Å². The van der Waals surface area contributed by atoms with Gasteiger partial charge in [0.05, 0.1) is 4.83 Å². The minimum Gasteiger partial charge on any atom is -0.207 e. The first-order chi connectivity index (χ1) is 9.58. The molecule has 0 nitrogen and oxygen atoms in total. The van der Waals surface area contributed by atoms with Crippen molar-refractivity contribution < 1.29 is 4.39 Å². The van der Waals surface area contributed by atoms with Crippen LogP contribution < -0.4 is 0 Å². The molecule has 0 spiro atoms. The van der Waals surface area contributed by atoms with Crippen molar-refractivity contribution in [2.24, 2.45) is 0 Å². The molecule has 0 amide bonds. The van der Waals surface area contributed by atoms with Crippen molar-refractivity contribution in [3.8, 4) is 0 Å². The van der Waals surface area contributed by atoms with Crippen molar-refractivity contribution in [2.75, 3.05) is 0 Å². The molecule has 20 heavy (non-hydrogen) atoms. The fourth-order valence-electron chi connectivity index (χ4n) is 2.11. The van der Waals surface area contributed by atoms with E-state index in [1.807, 2.05) is 18.2 Å². The Kier molecular flexibility index (Phi) is 4.32. The highest BCUT2D eigenvalue weighted by Gasteiger charge is 2.19. The summed E-state index contributed by atoms with van der Waals surface area (Å²) in [7, 11) is 0. The Morgan fingerprint density at radius 2 is 1.85 bits per heavy atom. The molecule has 5 heteroatoms. The first-order valence-electron chi connectivity index (χ1n) is 5.82. The second-order valence-corrected chi connectivity index (χ2v) is 7.90. The van der Waals surface area contributed by atoms with Crippen molar-refractivity contribution in [3.05, 3.63) is 67.7 Å². The zero-order valence-electron chi connectivity index (χ0n) is 10.0. The normalized spacial score (nSPS) is 12.8. The van der Waals surface area contributed by atoms with E-state index in [1.54, 1.807) is 17.4 Å². The van der Waals surface area contributed by atoms with Gasteiger partial charge in [0, 0.05) is 19.2 Å². The van der Waals surface area contributed by atoms with Gasteiger partial charge in [-0.3, -0.25) is 0 Å². The van der Waals surface area contributed by atoms with Crippen molar-refractivity contribution in [2.45, 2.75) is 4.83 Å². The summed E-state index contributed by atoms with van der Waals surface area (Å²) in [4.78, 5) is -0.154. The SMILES string of the molecule is Fc1cc(Br)ccc1C(Br)c1csc2c(Br)cccc12. The van der Waals surface area contributed by atoms with Crippen molar-refractivity contribution in [1.82, 2.24) is 0 Å². The van der Waals surface area contributed by atoms with E-state index >= 15 is 0 Å². The van der Waals surface area contributed by atoms with Crippen LogP contribution >= 0.6 is 59.1 Å². The highest BCUT2D eigenvalue weighted by Crippen LogP contribution is 2.41. The Morgan fingerprint density at radius 3 is 2.60 bits per heavy atom. The van der Waals surface area contributed by atoms with Gasteiger partial charge >= 0.3 is 0 Å². The van der Waals surface area contributed by atoms with Gasteiger partial charge in [0.2, 0.25) is 0 Å². The lowest BCUT2D eigenvalue weighted by molar-refractivity contribution is 0.613. The summed E-state index contributed by atoms with van der Waals surface area (Å²) in [6, 6.07) is 11.2. The second-order valence-electron chi connectivity index (χ2n) is 4.34. The van der Waals surface area contributed by atoms with E-state index in [1.165, 1.54) is 10.8 Å². The van der Waals surface area contributed by atoms with Gasteiger partial charge in [-0.1, -0.05) is 50.1 Å². The third kappa shape index (κ3) is 2.61. The summed E-state index contributed by atoms with van der Waals surface area (Å²) in [6.45, 7) is 0. The third-order valence-electron chi connectivity index (χ3n) is 3.09. The van der Waals surface area contributed by atoms with Gasteiger partial charge in [-0.15, -0.1) is 11.3 Å². The van der Waals surface area contributed by atoms with Gasteiger partial charge < -0.3 is 0 Å². The van der Waals surface area contributed by atoms with Crippen molar-refractivity contribution >= 4 is 69.2 Å². The van der Waals surface area contributed by atoms with Crippen LogP contribution in [0.25, 0.3) is 10.1 Å². The van der Waals surface area contributed by atoms with E-state index in [9.17, 15) is 4.39 Å². The molecule has 0 radical (unpaired) electrons. The monoisotopic (exact) mass is 476 g/mol. The Morgan fingerprint density at radius 1 is 1.05 bits per heavy atom. The van der Waals surface area contributed by atoms with Crippen LogP contribution in [-0.4, -0.2) is 0 Å². The molecular formula is C15H8Br3FS. The number of hydrogen-bond donors (Lipinski definition) is 0. The van der Waals surface area contributed by atoms with Crippen molar-refractivity contribution in [3.63, 3.8) is 0 Å². The topological polar surface area (TPSA) is 0 Å². The lowest BCUT2D eigenvalue weighted by atomic mass is 10.0. The summed E-state index contributed by atoms with van der Waals surface area (Å²) in [6.07, 6.45) is 0. The highest BCUT2D eigenvalue weighted by atomic mass is 79.9. The van der Waals surface area contributed by atoms with E-state index in [2.05, 4.69) is 59.2 Å². The minimum absolute atomic E-state index is 0.154. The van der Waals surface area contributed by atoms with Crippen LogP contribution in [-0.2, 0) is 0 Å². The maximum Gasteiger partial charge on any atom is 0.129 e. The maximum absolute atomic E-state index is 14.1. The number of alkyl halides is 1. The lowest BCUT2D eigenvalue weighted by Gasteiger charge is -2.11. The first kappa shape index (κ1) is 14.7. The second kappa shape index (κ2) is 5.87. The molecule has 102 valence electrons. The third-order valence-corrected chi connectivity index (χ3v) is 6.54. The molecule has 2 aromatic carbocycles. The van der Waals surface area contributed by atoms with Crippen LogP contribution in [0.1, 0.15) is 16.0 Å². The van der Waals surface area contributed by atoms with E-state index in [4.69, 9.17) is 0 Å². The standard InChI is InChI=1S/C15H8Br3FS/c16-8-4-5-10(13(19)6-8)14(18)11-7-20-15-9(11)2-1-3-12(15)17/h1-7,14H. The Hall–Kier alpha value is -0.230. The molecule has 0 bridgehead atoms. The summed E-state index contributed by atoms with van der Waals surface area (Å²) < 4.78 is 17.1. The fourth-order valence-corrected chi connectivity index (χ4v) is 5.02. The minimum atomic E-state index is -0.212. The van der Waals surface area contributed by atoms with Gasteiger partial charge in [0.1, 0.15) is 5.82 Å². The summed E-state index contributed by atoms with van der Waals surface area (Å²) >= 11 is 12.1. The highest BCUT2D eigenvalue weighted by molar-refractivity contribution is 9.11. The molecule has 0 aliphatic heterocycles. The van der Waals surface area contributed by atoms with Gasteiger partial charge in [-0.05, 0) is 50.5 Å². The predicted octanol–water partition coefficient (Wildman–Crippen LogP) is 7.05. The number of rotatable bonds is 2. The zero-order valence-corrected chi connectivity index (χ0v) is 15.6. The maximum atomic E-state index is 14.1. The number of thiophene rings is 1. The quantitative estimate of drug-likeness (QED) is 0.346. The average Bonchev–Trinajstić information content (AvgIpc) is 2.83. The van der Waals surface area contributed by atoms with Gasteiger partial charge in [-0.25, -0.2) is 4.39 Å². The van der Waals surface area contributed by atoms with E-state index < -0.39 is 0 Å². The summed E-state index contributed by atoms with van der Waals surface area (Å²) in [5.74, 6) is -0.212. The number of halogens is 4. The molecule has 1 atom stereocenters. The average molecular weight is 479 g/mol. The molecule has 0 aliphatic rings. The Bertz CT molecular complexity index is 782. The van der Waals surface area contributed by atoms with Crippen molar-refractivity contribution in [1.29, 1.82) is 0 Å². The van der Waals surface area contributed by atoms with Crippen LogP contribution in [0.15, 0.2) is 50.7 Å². The molecule has 1 aromatic heterocycles. The lowest BCUT2D eigenvalue weighted by Crippen LogP contribution is -1.95. The molecule has 0 fully saturated rings. The largest absolute Gasteiger partial charge is 0.207 e. The van der Waals surface area contributed by atoms with Crippen LogP contribution in [0.5, 0.6) is 0 Å². The molecule has 3 aromatic rings. The number of benzene rings is 2. The van der Waals surface area contributed by atoms with Crippen LogP contribution in [0, 0.1) is 5.82 Å². The first-order valence-corrected chi connectivity index (χ1v) is 9.20. The molecule has 0 saturated carbocycles. The van der Waals surface area contributed by atoms with E-state index in [0.29, 0.717) is 5.56 Å².